The van der Waals surface area contributed by atoms with Crippen molar-refractivity contribution in [2.45, 2.75) is 402 Å². The van der Waals surface area contributed by atoms with E-state index in [0.717, 1.165) is 30.4 Å². The minimum absolute atomic E-state index is 0.00708. The predicted octanol–water partition coefficient (Wildman–Crippen LogP) is 13.4. The van der Waals surface area contributed by atoms with Gasteiger partial charge in [-0.05, 0) is 162 Å². The van der Waals surface area contributed by atoms with E-state index in [1.165, 1.54) is 0 Å². The van der Waals surface area contributed by atoms with Crippen molar-refractivity contribution in [3.63, 3.8) is 0 Å². The summed E-state index contributed by atoms with van der Waals surface area (Å²) in [5.74, 6) is -5.67. The Balaban J connectivity index is 0.000000190. The second-order valence-electron chi connectivity index (χ2n) is 42.0. The molecule has 2 spiro atoms. The third kappa shape index (κ3) is 25.1. The summed E-state index contributed by atoms with van der Waals surface area (Å²) in [5, 5.41) is 68.4. The lowest BCUT2D eigenvalue weighted by Crippen LogP contribution is -2.58. The molecule has 10 saturated heterocycles. The number of aliphatic hydroxyl groups excluding tert-OH is 4. The molecule has 0 unspecified atom stereocenters. The van der Waals surface area contributed by atoms with Gasteiger partial charge in [0.2, 0.25) is 0 Å². The van der Waals surface area contributed by atoms with E-state index >= 15 is 0 Å². The molecule has 6 N–H and O–H groups in total. The topological polar surface area (TPSA) is 393 Å². The number of hydrogen-bond acceptors (Lipinski definition) is 32. The quantitative estimate of drug-likeness (QED) is 0.0371. The van der Waals surface area contributed by atoms with E-state index in [1.54, 1.807) is 141 Å². The standard InChI is InChI=1S/C48H74O14.C47H72O14.C14H10O4/c1-11-25(2)43-28(5)17-18-47(62-43)23-34-20-33(61-47)16-15-27(4)42(26(3)13-12-14-32-24-55-45-40(49)29(6)19-35(46(51)58-34)48(32,45)52)59-39-22-37(54-10)44(31(8)57-39)60-38-21-36(53-9)41(50)30(7)56-38;1-24(2)41-27(5)16-17-46(61-41)22-33-19-32(60-46)15-14-26(4)42(25(3)12-11-13-31-23-54-44-39(48)28(6)18-34(45(50)57-33)47(31,44)51)58-38-21-36(53-10)43(30(8)56-38)59-37-20-35(52-9)40(49)29(7)55-37;15-13(11-7-3-1-4-8-11)17-18-14(16)12-9-5-2-6-10-12/h12-15,19,25-26,28,30-31,33-45,49-50,52H,11,16-18,20-24H2,1-10H3;11-14,18,24-25,27,29-30,32-44,48-49,51H,15-17,19-23H2,1-10H3;1-10H/b13-12+,27-15+,32-14+;12-11+,26-14+,31-13+;/t25-,26-,28-,30-,31-,33+,34-,35-,36-,37-,38-,39-,40+,41-,42-,43+,44-,45+,47+,48+;25-,27-,29-,30-,32+,33-,34-,35-,36-,37-,38-,39+,40-,41+,42-,43-,44+,46+,47+;/m00./s1. The average Bonchev–Trinajstić information content (AvgIpc) is 1.60. The van der Waals surface area contributed by atoms with Crippen LogP contribution in [0, 0.1) is 47.3 Å². The predicted molar refractivity (Wildman–Crippen MR) is 514 cm³/mol. The Morgan fingerprint density at radius 1 is 0.461 bits per heavy atom. The molecule has 4 bridgehead atoms. The Kier molecular flexibility index (Phi) is 37.5. The van der Waals surface area contributed by atoms with Crippen molar-refractivity contribution < 1.29 is 154 Å². The van der Waals surface area contributed by atoms with Crippen LogP contribution in [0.1, 0.15) is 228 Å². The van der Waals surface area contributed by atoms with Crippen LogP contribution in [0.15, 0.2) is 155 Å². The van der Waals surface area contributed by atoms with E-state index in [0.29, 0.717) is 128 Å². The van der Waals surface area contributed by atoms with E-state index < -0.39 is 194 Å². The molecular weight excluding hydrogens is 1820 g/mol. The van der Waals surface area contributed by atoms with Gasteiger partial charge in [-0.2, -0.15) is 0 Å². The van der Waals surface area contributed by atoms with Crippen molar-refractivity contribution in [1.82, 2.24) is 0 Å². The summed E-state index contributed by atoms with van der Waals surface area (Å²) in [4.78, 5) is 60.6. The smallest absolute Gasteiger partial charge is 0.386 e. The fourth-order valence-corrected chi connectivity index (χ4v) is 23.1. The van der Waals surface area contributed by atoms with Crippen LogP contribution >= 0.6 is 0 Å². The van der Waals surface area contributed by atoms with Crippen LogP contribution in [0.2, 0.25) is 0 Å². The van der Waals surface area contributed by atoms with Gasteiger partial charge in [0, 0.05) is 104 Å². The second-order valence-corrected chi connectivity index (χ2v) is 42.0. The molecule has 16 rings (SSSR count). The van der Waals surface area contributed by atoms with Crippen LogP contribution in [0.5, 0.6) is 0 Å². The summed E-state index contributed by atoms with van der Waals surface area (Å²) in [6.45, 7) is 32.5. The van der Waals surface area contributed by atoms with Crippen molar-refractivity contribution >= 4 is 23.9 Å². The van der Waals surface area contributed by atoms with Crippen LogP contribution in [0.4, 0.5) is 0 Å². The van der Waals surface area contributed by atoms with E-state index in [9.17, 15) is 49.8 Å². The van der Waals surface area contributed by atoms with Crippen molar-refractivity contribution in [2.24, 2.45) is 47.3 Å². The van der Waals surface area contributed by atoms with Gasteiger partial charge in [0.05, 0.1) is 110 Å². The summed E-state index contributed by atoms with van der Waals surface area (Å²) >= 11 is 0. The minimum Gasteiger partial charge on any atom is -0.462 e. The first-order valence-corrected chi connectivity index (χ1v) is 51.1. The molecule has 12 aliphatic heterocycles. The van der Waals surface area contributed by atoms with Gasteiger partial charge >= 0.3 is 23.9 Å². The monoisotopic (exact) mass is 1980 g/mol. The lowest BCUT2D eigenvalue weighted by Gasteiger charge is -2.51. The van der Waals surface area contributed by atoms with Crippen molar-refractivity contribution in [3.8, 4) is 0 Å². The van der Waals surface area contributed by atoms with E-state index in [4.69, 9.17) is 94.7 Å². The Labute approximate surface area is 830 Å². The Bertz CT molecular complexity index is 4690. The molecule has 2 aromatic rings. The highest BCUT2D eigenvalue weighted by atomic mass is 17.2. The zero-order chi connectivity index (χ0) is 101. The molecule has 2 aliphatic carbocycles. The van der Waals surface area contributed by atoms with E-state index in [1.807, 2.05) is 38.2 Å². The first-order chi connectivity index (χ1) is 67.2. The van der Waals surface area contributed by atoms with Gasteiger partial charge in [0.15, 0.2) is 36.7 Å². The van der Waals surface area contributed by atoms with E-state index in [2.05, 4.69) is 91.2 Å². The molecule has 0 amide bonds. The number of allylic oxidation sites excluding steroid dienone is 4. The number of benzene rings is 2. The number of carbonyl (C=O) groups excluding carboxylic acids is 4. The zero-order valence-electron chi connectivity index (χ0n) is 85.7. The first kappa shape index (κ1) is 110. The van der Waals surface area contributed by atoms with E-state index in [-0.39, 0.29) is 67.6 Å². The van der Waals surface area contributed by atoms with Gasteiger partial charge in [0.25, 0.3) is 0 Å². The highest BCUT2D eigenvalue weighted by Gasteiger charge is 2.63. The summed E-state index contributed by atoms with van der Waals surface area (Å²) < 4.78 is 128. The maximum atomic E-state index is 14.4. The second kappa shape index (κ2) is 48.1. The third-order valence-electron chi connectivity index (χ3n) is 31.5. The number of hydrogen-bond donors (Lipinski definition) is 6. The zero-order valence-corrected chi connectivity index (χ0v) is 85.7. The molecule has 32 heteroatoms. The molecular formula is C109H156O32. The molecule has 10 fully saturated rings. The number of methoxy groups -OCH3 is 4. The normalized spacial score (nSPS) is 44.4. The molecule has 141 heavy (non-hydrogen) atoms. The summed E-state index contributed by atoms with van der Waals surface area (Å²) in [6, 6.07) is 16.6. The van der Waals surface area contributed by atoms with Crippen LogP contribution in [0.3, 0.4) is 0 Å². The van der Waals surface area contributed by atoms with Crippen LogP contribution < -0.4 is 0 Å². The Morgan fingerprint density at radius 3 is 1.21 bits per heavy atom. The molecule has 32 nitrogen and oxygen atoms in total. The molecule has 14 aliphatic rings. The van der Waals surface area contributed by atoms with Gasteiger partial charge in [-0.3, -0.25) is 9.59 Å². The fraction of sp³-hybridized carbons (Fsp3) is 0.706. The van der Waals surface area contributed by atoms with Crippen molar-refractivity contribution in [1.29, 1.82) is 0 Å². The van der Waals surface area contributed by atoms with Crippen molar-refractivity contribution in [2.75, 3.05) is 41.7 Å². The average molecular weight is 1980 g/mol. The largest absolute Gasteiger partial charge is 0.462 e. The summed E-state index contributed by atoms with van der Waals surface area (Å²) in [6.07, 6.45) is 12.1. The number of fused-ring (bicyclic) bond motifs is 4. The van der Waals surface area contributed by atoms with Gasteiger partial charge in [0.1, 0.15) is 84.1 Å². The number of ether oxygens (including phenoxy) is 20. The first-order valence-electron chi connectivity index (χ1n) is 51.1. The highest BCUT2D eigenvalue weighted by molar-refractivity contribution is 5.92. The molecule has 12 heterocycles. The van der Waals surface area contributed by atoms with Gasteiger partial charge < -0.3 is 125 Å². The fourth-order valence-electron chi connectivity index (χ4n) is 23.1. The van der Waals surface area contributed by atoms with Gasteiger partial charge in [-0.1, -0.05) is 159 Å². The lowest BCUT2D eigenvalue weighted by atomic mass is 9.71. The number of aliphatic hydroxyl groups is 6. The number of esters is 2. The van der Waals surface area contributed by atoms with Crippen molar-refractivity contribution in [3.05, 3.63) is 166 Å². The summed E-state index contributed by atoms with van der Waals surface area (Å²) in [5.41, 5.74) is 1.01. The van der Waals surface area contributed by atoms with Gasteiger partial charge in [-0.25, -0.2) is 19.4 Å². The third-order valence-corrected chi connectivity index (χ3v) is 31.5. The molecule has 2 aromatic carbocycles. The van der Waals surface area contributed by atoms with Gasteiger partial charge in [-0.15, -0.1) is 0 Å². The molecule has 0 saturated carbocycles. The summed E-state index contributed by atoms with van der Waals surface area (Å²) in [7, 11) is 6.45. The molecule has 39 atom stereocenters. The molecule has 784 valence electrons. The Morgan fingerprint density at radius 2 is 0.830 bits per heavy atom. The SMILES string of the molecule is CC[C@H](C)[C@H]1O[C@]2(CC[C@@H]1C)C[C@@H]1C[C@@H](C/C=C(\C)[C@@H](O[C@H]3C[C@H](OC)[C@@H](O[C@H]4C[C@H](OC)[C@@H](O)[C@H](C)O4)[C@H](C)O3)[C@@H](C)/C=C/C=C3\CO[C@@H]4[C@H](O)C(C)=C[C@@H](C(=O)O1)[C@]34O)O2.CO[C@H]1C[C@H](O[C@H]2[C@H](C)O[C@@H](O[C@@H]3/C(C)=C/C[C@@H]4C[C@@H](C[C@]5(CC[C@H](C)[C@@H](C(C)C)O5)O4)OC(=O)[C@@H]4C=C(C)[C@@H](O)[C@H]5OC/C(=C\C=C\[C@@H]3C)[C@]54O)C[C@@H]2OC)O[C@@H](C)[C@@H]1O.O=C(OOC(=O)c1ccccc1)c1ccccc1. The number of carbonyl (C=O) groups is 4. The minimum atomic E-state index is -1.82. The molecule has 0 aromatic heterocycles. The highest BCUT2D eigenvalue weighted by Crippen LogP contribution is 2.52. The van der Waals surface area contributed by atoms with Crippen LogP contribution in [-0.2, 0) is 114 Å². The number of rotatable bonds is 17. The molecule has 0 radical (unpaired) electrons. The maximum absolute atomic E-state index is 14.4. The maximum Gasteiger partial charge on any atom is 0.386 e. The van der Waals surface area contributed by atoms with Crippen LogP contribution in [0.25, 0.3) is 0 Å². The lowest BCUT2D eigenvalue weighted by molar-refractivity contribution is -0.341. The van der Waals surface area contributed by atoms with Crippen LogP contribution in [-0.4, -0.2) is 291 Å². The Hall–Kier alpha value is -6.72.